The van der Waals surface area contributed by atoms with Gasteiger partial charge in [-0.1, -0.05) is 26.8 Å². The Morgan fingerprint density at radius 3 is 2.69 bits per heavy atom. The first-order chi connectivity index (χ1) is 27.7. The number of carbonyl (C=O) groups is 3. The highest BCUT2D eigenvalue weighted by Crippen LogP contribution is 2.43. The lowest BCUT2D eigenvalue weighted by Crippen LogP contribution is -2.67. The highest BCUT2D eigenvalue weighted by molar-refractivity contribution is 7.10. The molecule has 4 aromatic rings. The summed E-state index contributed by atoms with van der Waals surface area (Å²) in [5.41, 5.74) is 10.7. The fourth-order valence-corrected chi connectivity index (χ4v) is 10.2. The van der Waals surface area contributed by atoms with Gasteiger partial charge in [0, 0.05) is 78.5 Å². The lowest BCUT2D eigenvalue weighted by Gasteiger charge is -2.39. The van der Waals surface area contributed by atoms with Crippen molar-refractivity contribution >= 4 is 56.0 Å². The first kappa shape index (κ1) is 40.6. The van der Waals surface area contributed by atoms with Crippen LogP contribution in [-0.4, -0.2) is 111 Å². The minimum absolute atomic E-state index is 0.127. The van der Waals surface area contributed by atoms with Crippen molar-refractivity contribution in [3.63, 3.8) is 0 Å². The van der Waals surface area contributed by atoms with Gasteiger partial charge in [0.05, 0.1) is 63.6 Å². The number of fused-ring (bicyclic) bond motifs is 6. The van der Waals surface area contributed by atoms with E-state index in [1.165, 1.54) is 16.3 Å². The smallest absolute Gasteiger partial charge is 0.324 e. The molecular weight excluding hydrogens is 769 g/mol. The molecule has 2 saturated heterocycles. The SMILES string of the molecule is CCn1c(-c2cc(N3CCN(C)C3)cnc2[C@H](C)OC)c2c3cc(ccc31)-c1csc(n1)C[C@]([Si])(NC(=O)[C@H]1C[C@@H]1C)C(=O)N1CCC[C@H](N1)C(=O)OCC(C)(C)C2. The molecule has 1 aromatic carbocycles. The van der Waals surface area contributed by atoms with Crippen molar-refractivity contribution in [2.75, 3.05) is 52.0 Å². The number of amides is 2. The second-order valence-corrected chi connectivity index (χ2v) is 19.3. The van der Waals surface area contributed by atoms with E-state index >= 15 is 0 Å². The summed E-state index contributed by atoms with van der Waals surface area (Å²) in [4.78, 5) is 56.5. The van der Waals surface area contributed by atoms with E-state index in [-0.39, 0.29) is 42.8 Å². The molecule has 15 heteroatoms. The molecule has 0 spiro atoms. The van der Waals surface area contributed by atoms with Crippen molar-refractivity contribution in [1.82, 2.24) is 35.2 Å². The number of nitrogens with zero attached hydrogens (tertiary/aromatic N) is 6. The number of aryl methyl sites for hydroxylation is 1. The molecule has 5 atom stereocenters. The topological polar surface area (TPSA) is 134 Å². The van der Waals surface area contributed by atoms with E-state index in [9.17, 15) is 14.4 Å². The van der Waals surface area contributed by atoms with Gasteiger partial charge in [-0.3, -0.25) is 29.3 Å². The summed E-state index contributed by atoms with van der Waals surface area (Å²) in [6.45, 7) is 14.5. The van der Waals surface area contributed by atoms with E-state index < -0.39 is 22.6 Å². The van der Waals surface area contributed by atoms with Gasteiger partial charge in [0.1, 0.15) is 11.2 Å². The number of methoxy groups -OCH3 is 1. The Hall–Kier alpha value is -4.15. The average molecular weight is 824 g/mol. The molecule has 2 N–H and O–H groups in total. The number of likely N-dealkylation sites (N-methyl/N-ethyl adjacent to an activating group) is 1. The number of thiazole rings is 1. The summed E-state index contributed by atoms with van der Waals surface area (Å²) in [6, 6.07) is 8.06. The van der Waals surface area contributed by atoms with Crippen molar-refractivity contribution in [3.8, 4) is 22.5 Å². The predicted molar refractivity (Wildman–Crippen MR) is 226 cm³/mol. The van der Waals surface area contributed by atoms with Gasteiger partial charge in [0.25, 0.3) is 5.91 Å². The van der Waals surface area contributed by atoms with Gasteiger partial charge in [-0.2, -0.15) is 0 Å². The van der Waals surface area contributed by atoms with Crippen LogP contribution in [0, 0.1) is 17.3 Å². The number of ether oxygens (including phenoxy) is 2. The Labute approximate surface area is 348 Å². The van der Waals surface area contributed by atoms with Crippen LogP contribution in [0.2, 0.25) is 0 Å². The number of nitrogens with one attached hydrogen (secondary N) is 2. The number of cyclic esters (lactones) is 1. The molecular formula is C43H55N8O5SSi. The summed E-state index contributed by atoms with van der Waals surface area (Å²) < 4.78 is 14.5. The van der Waals surface area contributed by atoms with Crippen LogP contribution in [0.3, 0.4) is 0 Å². The lowest BCUT2D eigenvalue weighted by molar-refractivity contribution is -0.156. The summed E-state index contributed by atoms with van der Waals surface area (Å²) >= 11 is 1.46. The summed E-state index contributed by atoms with van der Waals surface area (Å²) in [5.74, 6) is -0.836. The van der Waals surface area contributed by atoms with E-state index in [4.69, 9.17) is 19.4 Å². The zero-order chi connectivity index (χ0) is 41.1. The van der Waals surface area contributed by atoms with Gasteiger partial charge >= 0.3 is 5.97 Å². The second kappa shape index (κ2) is 15.8. The van der Waals surface area contributed by atoms with Crippen LogP contribution < -0.4 is 15.6 Å². The Morgan fingerprint density at radius 1 is 1.19 bits per heavy atom. The number of hydrazine groups is 1. The quantitative estimate of drug-likeness (QED) is 0.193. The highest BCUT2D eigenvalue weighted by Gasteiger charge is 2.46. The van der Waals surface area contributed by atoms with E-state index in [0.717, 1.165) is 83.1 Å². The third-order valence-electron chi connectivity index (χ3n) is 12.3. The highest BCUT2D eigenvalue weighted by atomic mass is 32.1. The van der Waals surface area contributed by atoms with Crippen LogP contribution in [0.1, 0.15) is 76.3 Å². The molecule has 3 radical (unpaired) electrons. The van der Waals surface area contributed by atoms with E-state index in [1.54, 1.807) is 7.11 Å². The van der Waals surface area contributed by atoms with Crippen LogP contribution in [0.15, 0.2) is 35.8 Å². The fraction of sp³-hybridized carbons (Fsp3) is 0.558. The van der Waals surface area contributed by atoms with Crippen LogP contribution >= 0.6 is 11.3 Å². The molecule has 6 heterocycles. The zero-order valence-corrected chi connectivity index (χ0v) is 36.5. The molecule has 6 bridgehead atoms. The maximum atomic E-state index is 14.4. The first-order valence-electron chi connectivity index (χ1n) is 20.6. The zero-order valence-electron chi connectivity index (χ0n) is 34.7. The molecule has 4 aliphatic rings. The molecule has 3 aliphatic heterocycles. The van der Waals surface area contributed by atoms with Crippen LogP contribution in [0.25, 0.3) is 33.4 Å². The molecule has 3 aromatic heterocycles. The Bertz CT molecular complexity index is 2240. The van der Waals surface area contributed by atoms with Crippen molar-refractivity contribution in [2.24, 2.45) is 17.3 Å². The number of pyridine rings is 1. The standard InChI is InChI=1S/C43H55N8O5SSi/c1-8-50-35-12-11-27-17-30(35)32(38(50)31-18-28(49-15-14-48(6)24-49)21-44-37(31)26(3)55-7)19-42(4,5)23-56-40(53)33-10-9-13-51(47-33)41(54)43(58,20-36-45-34(27)22-57-36)46-39(52)29-16-25(29)2/h11-12,17-18,21-22,25-26,29,33,47H,8-10,13-16,19-20,23-24H2,1-7H3,(H,46,52)/t25-,26-,29-,33-,43+/m0/s1. The van der Waals surface area contributed by atoms with E-state index in [2.05, 4.69) is 87.4 Å². The lowest BCUT2D eigenvalue weighted by atomic mass is 9.84. The molecule has 8 rings (SSSR count). The van der Waals surface area contributed by atoms with Gasteiger partial charge in [-0.05, 0) is 76.3 Å². The molecule has 3 fully saturated rings. The van der Waals surface area contributed by atoms with Crippen LogP contribution in [0.4, 0.5) is 5.69 Å². The van der Waals surface area contributed by atoms with E-state index in [0.29, 0.717) is 30.8 Å². The summed E-state index contributed by atoms with van der Waals surface area (Å²) in [7, 11) is 7.64. The summed E-state index contributed by atoms with van der Waals surface area (Å²) in [6.07, 6.45) is 4.35. The Kier molecular flexibility index (Phi) is 11.1. The predicted octanol–water partition coefficient (Wildman–Crippen LogP) is 5.06. The number of benzene rings is 1. The number of aromatic nitrogens is 3. The molecule has 0 unspecified atom stereocenters. The maximum Gasteiger partial charge on any atom is 0.324 e. The van der Waals surface area contributed by atoms with Crippen molar-refractivity contribution < 1.29 is 23.9 Å². The number of hydrogen-bond acceptors (Lipinski definition) is 11. The first-order valence-corrected chi connectivity index (χ1v) is 21.9. The van der Waals surface area contributed by atoms with Crippen molar-refractivity contribution in [3.05, 3.63) is 52.1 Å². The summed E-state index contributed by atoms with van der Waals surface area (Å²) in [5, 5.41) is 6.83. The second-order valence-electron chi connectivity index (χ2n) is 17.5. The molecule has 1 saturated carbocycles. The van der Waals surface area contributed by atoms with Gasteiger partial charge in [-0.25, -0.2) is 10.4 Å². The normalized spacial score (nSPS) is 25.8. The number of esters is 1. The van der Waals surface area contributed by atoms with Gasteiger partial charge in [0.15, 0.2) is 0 Å². The molecule has 58 heavy (non-hydrogen) atoms. The number of anilines is 1. The number of rotatable bonds is 7. The van der Waals surface area contributed by atoms with E-state index in [1.807, 2.05) is 25.4 Å². The molecule has 13 nitrogen and oxygen atoms in total. The van der Waals surface area contributed by atoms with Gasteiger partial charge in [-0.15, -0.1) is 11.3 Å². The minimum Gasteiger partial charge on any atom is -0.464 e. The number of hydrogen-bond donors (Lipinski definition) is 2. The largest absolute Gasteiger partial charge is 0.464 e. The third kappa shape index (κ3) is 7.83. The van der Waals surface area contributed by atoms with Gasteiger partial charge in [0.2, 0.25) is 5.91 Å². The fourth-order valence-electron chi connectivity index (χ4n) is 8.74. The monoisotopic (exact) mass is 823 g/mol. The van der Waals surface area contributed by atoms with Gasteiger partial charge < -0.3 is 24.3 Å². The average Bonchev–Trinajstić information content (AvgIpc) is 3.48. The van der Waals surface area contributed by atoms with Crippen LogP contribution in [0.5, 0.6) is 0 Å². The van der Waals surface area contributed by atoms with Crippen LogP contribution in [-0.2, 0) is 43.2 Å². The number of carbonyl (C=O) groups excluding carboxylic acids is 3. The Balaban J connectivity index is 1.28. The molecule has 2 amide bonds. The van der Waals surface area contributed by atoms with Crippen molar-refractivity contribution in [2.45, 2.75) is 90.6 Å². The molecule has 307 valence electrons. The maximum absolute atomic E-state index is 14.4. The van der Waals surface area contributed by atoms with Crippen molar-refractivity contribution in [1.29, 1.82) is 0 Å². The minimum atomic E-state index is -1.48. The third-order valence-corrected chi connectivity index (χ3v) is 13.7. The molecule has 1 aliphatic carbocycles. The Morgan fingerprint density at radius 2 is 1.98 bits per heavy atom.